The number of rotatable bonds is 6. The van der Waals surface area contributed by atoms with Gasteiger partial charge < -0.3 is 9.15 Å². The topological polar surface area (TPSA) is 80.6 Å². The molecule has 6 nitrogen and oxygen atoms in total. The number of para-hydroxylation sites is 1. The summed E-state index contributed by atoms with van der Waals surface area (Å²) >= 11 is 0. The fourth-order valence-electron chi connectivity index (χ4n) is 3.02. The van der Waals surface area contributed by atoms with Crippen LogP contribution in [0.2, 0.25) is 0 Å². The summed E-state index contributed by atoms with van der Waals surface area (Å²) in [6.07, 6.45) is 0.152. The van der Waals surface area contributed by atoms with Crippen molar-refractivity contribution in [3.05, 3.63) is 102 Å². The van der Waals surface area contributed by atoms with Gasteiger partial charge in [0.2, 0.25) is 5.91 Å². The summed E-state index contributed by atoms with van der Waals surface area (Å²) in [4.78, 5) is 24.4. The number of carbonyl (C=O) groups excluding carboxylic acids is 2. The third kappa shape index (κ3) is 4.86. The SMILES string of the molecule is O=C(Cc1ccc2ccccc2c1)NNC(=O)c1ccc(COc2ccccc2)o1. The van der Waals surface area contributed by atoms with Crippen molar-refractivity contribution >= 4 is 22.6 Å². The number of carbonyl (C=O) groups is 2. The van der Waals surface area contributed by atoms with Crippen molar-refractivity contribution in [3.8, 4) is 5.75 Å². The highest BCUT2D eigenvalue weighted by molar-refractivity contribution is 5.93. The predicted octanol–water partition coefficient (Wildman–Crippen LogP) is 4.02. The Morgan fingerprint density at radius 3 is 2.40 bits per heavy atom. The van der Waals surface area contributed by atoms with E-state index in [1.165, 1.54) is 6.07 Å². The van der Waals surface area contributed by atoms with E-state index in [4.69, 9.17) is 9.15 Å². The van der Waals surface area contributed by atoms with Crippen LogP contribution in [0.25, 0.3) is 10.8 Å². The summed E-state index contributed by atoms with van der Waals surface area (Å²) in [6, 6.07) is 26.3. The molecule has 6 heteroatoms. The molecule has 0 aliphatic rings. The molecular formula is C24H20N2O4. The third-order valence-electron chi connectivity index (χ3n) is 4.50. The van der Waals surface area contributed by atoms with Gasteiger partial charge in [-0.3, -0.25) is 20.4 Å². The Morgan fingerprint density at radius 2 is 1.57 bits per heavy atom. The minimum absolute atomic E-state index is 0.0904. The summed E-state index contributed by atoms with van der Waals surface area (Å²) in [5.74, 6) is 0.450. The van der Waals surface area contributed by atoms with E-state index in [2.05, 4.69) is 10.9 Å². The van der Waals surface area contributed by atoms with Crippen LogP contribution in [-0.2, 0) is 17.8 Å². The van der Waals surface area contributed by atoms with E-state index in [-0.39, 0.29) is 24.7 Å². The summed E-state index contributed by atoms with van der Waals surface area (Å²) in [7, 11) is 0. The molecule has 3 aromatic carbocycles. The van der Waals surface area contributed by atoms with Gasteiger partial charge in [0.05, 0.1) is 6.42 Å². The summed E-state index contributed by atoms with van der Waals surface area (Å²) in [6.45, 7) is 0.200. The van der Waals surface area contributed by atoms with Crippen LogP contribution >= 0.6 is 0 Å². The molecule has 0 unspecified atom stereocenters. The molecule has 0 aliphatic carbocycles. The Hall–Kier alpha value is -4.06. The lowest BCUT2D eigenvalue weighted by molar-refractivity contribution is -0.121. The van der Waals surface area contributed by atoms with Gasteiger partial charge in [-0.2, -0.15) is 0 Å². The van der Waals surface area contributed by atoms with Crippen LogP contribution in [0.3, 0.4) is 0 Å². The highest BCUT2D eigenvalue weighted by atomic mass is 16.5. The van der Waals surface area contributed by atoms with Gasteiger partial charge in [0.15, 0.2) is 5.76 Å². The van der Waals surface area contributed by atoms with E-state index >= 15 is 0 Å². The van der Waals surface area contributed by atoms with Crippen molar-refractivity contribution in [1.82, 2.24) is 10.9 Å². The zero-order valence-corrected chi connectivity index (χ0v) is 16.1. The molecule has 0 fully saturated rings. The summed E-state index contributed by atoms with van der Waals surface area (Å²) < 4.78 is 11.1. The molecule has 0 spiro atoms. The third-order valence-corrected chi connectivity index (χ3v) is 4.50. The van der Waals surface area contributed by atoms with Gasteiger partial charge >= 0.3 is 5.91 Å². The maximum Gasteiger partial charge on any atom is 0.305 e. The Bertz CT molecular complexity index is 1170. The Balaban J connectivity index is 1.27. The monoisotopic (exact) mass is 400 g/mol. The maximum absolute atomic E-state index is 12.2. The first-order valence-electron chi connectivity index (χ1n) is 9.51. The Kier molecular flexibility index (Phi) is 5.75. The average molecular weight is 400 g/mol. The second-order valence-electron chi connectivity index (χ2n) is 6.73. The first-order chi connectivity index (χ1) is 14.7. The highest BCUT2D eigenvalue weighted by Gasteiger charge is 2.13. The smallest absolute Gasteiger partial charge is 0.305 e. The number of fused-ring (bicyclic) bond motifs is 1. The molecule has 2 amide bonds. The minimum Gasteiger partial charge on any atom is -0.486 e. The minimum atomic E-state index is -0.534. The van der Waals surface area contributed by atoms with Crippen molar-refractivity contribution < 1.29 is 18.7 Å². The number of benzene rings is 3. The predicted molar refractivity (Wildman–Crippen MR) is 113 cm³/mol. The molecule has 4 aromatic rings. The first kappa shape index (κ1) is 19.3. The van der Waals surface area contributed by atoms with Crippen molar-refractivity contribution in [2.45, 2.75) is 13.0 Å². The lowest BCUT2D eigenvalue weighted by atomic mass is 10.1. The van der Waals surface area contributed by atoms with Crippen molar-refractivity contribution in [2.75, 3.05) is 0 Å². The molecule has 30 heavy (non-hydrogen) atoms. The first-order valence-corrected chi connectivity index (χ1v) is 9.51. The number of hydrogen-bond acceptors (Lipinski definition) is 4. The van der Waals surface area contributed by atoms with Crippen LogP contribution in [0.1, 0.15) is 21.9 Å². The molecule has 0 atom stereocenters. The number of hydrazine groups is 1. The lowest BCUT2D eigenvalue weighted by Crippen LogP contribution is -2.42. The van der Waals surface area contributed by atoms with Crippen LogP contribution in [0.15, 0.2) is 89.3 Å². The molecule has 2 N–H and O–H groups in total. The number of furan rings is 1. The van der Waals surface area contributed by atoms with Crippen molar-refractivity contribution in [1.29, 1.82) is 0 Å². The van der Waals surface area contributed by atoms with Crippen molar-refractivity contribution in [3.63, 3.8) is 0 Å². The van der Waals surface area contributed by atoms with Crippen LogP contribution in [0.5, 0.6) is 5.75 Å². The van der Waals surface area contributed by atoms with Gasteiger partial charge in [0.1, 0.15) is 18.1 Å². The van der Waals surface area contributed by atoms with Gasteiger partial charge in [-0.05, 0) is 40.6 Å². The highest BCUT2D eigenvalue weighted by Crippen LogP contribution is 2.16. The number of hydrogen-bond donors (Lipinski definition) is 2. The normalized spacial score (nSPS) is 10.5. The van der Waals surface area contributed by atoms with Crippen LogP contribution in [-0.4, -0.2) is 11.8 Å². The zero-order chi connectivity index (χ0) is 20.8. The molecule has 1 aromatic heterocycles. The van der Waals surface area contributed by atoms with E-state index in [1.807, 2.05) is 72.8 Å². The van der Waals surface area contributed by atoms with E-state index in [0.29, 0.717) is 11.5 Å². The van der Waals surface area contributed by atoms with E-state index in [0.717, 1.165) is 16.3 Å². The molecule has 0 bridgehead atoms. The molecule has 0 radical (unpaired) electrons. The van der Waals surface area contributed by atoms with Crippen LogP contribution in [0.4, 0.5) is 0 Å². The Labute approximate surface area is 173 Å². The molecule has 1 heterocycles. The number of ether oxygens (including phenoxy) is 1. The van der Waals surface area contributed by atoms with Gasteiger partial charge in [-0.25, -0.2) is 0 Å². The summed E-state index contributed by atoms with van der Waals surface area (Å²) in [5, 5.41) is 2.17. The molecule has 0 saturated carbocycles. The maximum atomic E-state index is 12.2. The molecule has 150 valence electrons. The van der Waals surface area contributed by atoms with Crippen LogP contribution in [0, 0.1) is 0 Å². The molecular weight excluding hydrogens is 380 g/mol. The van der Waals surface area contributed by atoms with Gasteiger partial charge in [0.25, 0.3) is 0 Å². The van der Waals surface area contributed by atoms with Crippen LogP contribution < -0.4 is 15.6 Å². The quantitative estimate of drug-likeness (QED) is 0.479. The molecule has 4 rings (SSSR count). The van der Waals surface area contributed by atoms with Crippen molar-refractivity contribution in [2.24, 2.45) is 0 Å². The molecule has 0 aliphatic heterocycles. The van der Waals surface area contributed by atoms with Gasteiger partial charge in [0, 0.05) is 0 Å². The molecule has 0 saturated heterocycles. The fourth-order valence-corrected chi connectivity index (χ4v) is 3.02. The van der Waals surface area contributed by atoms with Gasteiger partial charge in [-0.1, -0.05) is 60.7 Å². The summed E-state index contributed by atoms with van der Waals surface area (Å²) in [5.41, 5.74) is 5.65. The second kappa shape index (κ2) is 8.96. The van der Waals surface area contributed by atoms with E-state index in [1.54, 1.807) is 6.07 Å². The second-order valence-corrected chi connectivity index (χ2v) is 6.73. The van der Waals surface area contributed by atoms with Gasteiger partial charge in [-0.15, -0.1) is 0 Å². The Morgan fingerprint density at radius 1 is 0.800 bits per heavy atom. The van der Waals surface area contributed by atoms with E-state index in [9.17, 15) is 9.59 Å². The number of nitrogens with one attached hydrogen (secondary N) is 2. The average Bonchev–Trinajstić information content (AvgIpc) is 3.26. The zero-order valence-electron chi connectivity index (χ0n) is 16.1. The number of amides is 2. The van der Waals surface area contributed by atoms with E-state index < -0.39 is 5.91 Å². The fraction of sp³-hybridized carbons (Fsp3) is 0.0833. The standard InChI is InChI=1S/C24H20N2O4/c27-23(15-17-10-11-18-6-4-5-7-19(18)14-17)25-26-24(28)22-13-12-21(30-22)16-29-20-8-2-1-3-9-20/h1-14H,15-16H2,(H,25,27)(H,26,28). The lowest BCUT2D eigenvalue weighted by Gasteiger charge is -2.07. The largest absolute Gasteiger partial charge is 0.486 e.